The van der Waals surface area contributed by atoms with Crippen molar-refractivity contribution in [1.82, 2.24) is 9.55 Å². The van der Waals surface area contributed by atoms with Crippen LogP contribution in [-0.4, -0.2) is 40.1 Å². The first-order valence-electron chi connectivity index (χ1n) is 7.39. The zero-order chi connectivity index (χ0) is 14.1. The number of hydrogen-bond donors (Lipinski definition) is 2. The van der Waals surface area contributed by atoms with Gasteiger partial charge in [-0.05, 0) is 25.2 Å². The molecule has 0 aromatic carbocycles. The molecular weight excluding hydrogens is 260 g/mol. The summed E-state index contributed by atoms with van der Waals surface area (Å²) in [6.07, 6.45) is 6.06. The van der Waals surface area contributed by atoms with Gasteiger partial charge < -0.3 is 14.6 Å². The number of nitrogens with one attached hydrogen (secondary N) is 1. The van der Waals surface area contributed by atoms with E-state index in [9.17, 15) is 9.90 Å². The molecule has 4 unspecified atom stereocenters. The third-order valence-corrected chi connectivity index (χ3v) is 4.24. The van der Waals surface area contributed by atoms with Gasteiger partial charge in [0.2, 0.25) is 5.88 Å². The molecule has 1 aromatic rings. The molecule has 2 fully saturated rings. The fourth-order valence-corrected chi connectivity index (χ4v) is 2.89. The molecule has 2 aliphatic rings. The summed E-state index contributed by atoms with van der Waals surface area (Å²) in [5, 5.41) is 9.45. The Hall–Kier alpha value is -1.27. The molecule has 0 saturated carbocycles. The van der Waals surface area contributed by atoms with Crippen molar-refractivity contribution < 1.29 is 14.6 Å². The minimum absolute atomic E-state index is 0.0738. The van der Waals surface area contributed by atoms with Crippen LogP contribution in [0.1, 0.15) is 38.6 Å². The van der Waals surface area contributed by atoms with Crippen LogP contribution in [0.3, 0.4) is 0 Å². The van der Waals surface area contributed by atoms with Crippen LogP contribution in [-0.2, 0) is 9.47 Å². The zero-order valence-electron chi connectivity index (χ0n) is 11.7. The number of aromatic hydroxyl groups is 1. The van der Waals surface area contributed by atoms with Gasteiger partial charge in [0, 0.05) is 6.04 Å². The molecule has 6 nitrogen and oxygen atoms in total. The number of H-pyrrole nitrogens is 1. The largest absolute Gasteiger partial charge is 0.493 e. The topological polar surface area (TPSA) is 83.1 Å². The number of epoxide rings is 2. The maximum Gasteiger partial charge on any atom is 0.328 e. The van der Waals surface area contributed by atoms with E-state index >= 15 is 0 Å². The third kappa shape index (κ3) is 3.43. The summed E-state index contributed by atoms with van der Waals surface area (Å²) >= 11 is 0. The first-order chi connectivity index (χ1) is 9.65. The van der Waals surface area contributed by atoms with Gasteiger partial charge in [-0.3, -0.25) is 9.55 Å². The number of aromatic amines is 1. The average Bonchev–Trinajstić information content (AvgIpc) is 3.30. The van der Waals surface area contributed by atoms with Crippen molar-refractivity contribution in [3.05, 3.63) is 16.7 Å². The second kappa shape index (κ2) is 5.61. The number of imidazole rings is 1. The lowest BCUT2D eigenvalue weighted by atomic mass is 9.91. The van der Waals surface area contributed by atoms with E-state index in [1.165, 1.54) is 6.20 Å². The van der Waals surface area contributed by atoms with Gasteiger partial charge in [-0.1, -0.05) is 13.3 Å². The molecule has 3 heterocycles. The van der Waals surface area contributed by atoms with E-state index in [1.807, 2.05) is 0 Å². The SMILES string of the molecule is CCC(CC1CO1)CC(CC1CO1)n1cc(O)[nH]c1=O. The van der Waals surface area contributed by atoms with Crippen molar-refractivity contribution in [3.8, 4) is 5.88 Å². The minimum Gasteiger partial charge on any atom is -0.493 e. The quantitative estimate of drug-likeness (QED) is 0.706. The maximum absolute atomic E-state index is 11.9. The van der Waals surface area contributed by atoms with Gasteiger partial charge in [0.25, 0.3) is 0 Å². The van der Waals surface area contributed by atoms with Gasteiger partial charge in [0.15, 0.2) is 0 Å². The summed E-state index contributed by atoms with van der Waals surface area (Å²) < 4.78 is 12.2. The van der Waals surface area contributed by atoms with Crippen LogP contribution in [0.5, 0.6) is 5.88 Å². The minimum atomic E-state index is -0.245. The number of hydrogen-bond acceptors (Lipinski definition) is 4. The smallest absolute Gasteiger partial charge is 0.328 e. The van der Waals surface area contributed by atoms with Crippen molar-refractivity contribution in [1.29, 1.82) is 0 Å². The van der Waals surface area contributed by atoms with Crippen LogP contribution in [0.15, 0.2) is 11.0 Å². The van der Waals surface area contributed by atoms with Crippen molar-refractivity contribution in [2.24, 2.45) is 5.92 Å². The molecule has 0 spiro atoms. The molecule has 0 bridgehead atoms. The lowest BCUT2D eigenvalue weighted by Gasteiger charge is -2.22. The lowest BCUT2D eigenvalue weighted by molar-refractivity contribution is 0.269. The Labute approximate surface area is 117 Å². The molecule has 2 saturated heterocycles. The molecule has 112 valence electrons. The molecule has 0 amide bonds. The Morgan fingerprint density at radius 3 is 2.55 bits per heavy atom. The fourth-order valence-electron chi connectivity index (χ4n) is 2.89. The summed E-state index contributed by atoms with van der Waals surface area (Å²) in [6, 6.07) is 0.0795. The van der Waals surface area contributed by atoms with Crippen LogP contribution >= 0.6 is 0 Å². The average molecular weight is 282 g/mol. The highest BCUT2D eigenvalue weighted by molar-refractivity contribution is 5.02. The van der Waals surface area contributed by atoms with Gasteiger partial charge in [0.05, 0.1) is 31.6 Å². The Morgan fingerprint density at radius 1 is 1.40 bits per heavy atom. The van der Waals surface area contributed by atoms with Crippen LogP contribution in [0.4, 0.5) is 0 Å². The molecule has 0 aliphatic carbocycles. The van der Waals surface area contributed by atoms with Crippen molar-refractivity contribution in [3.63, 3.8) is 0 Å². The molecular formula is C14H22N2O4. The standard InChI is InChI=1S/C14H22N2O4/c1-2-9(4-11-7-19-11)3-10(5-12-8-20-12)16-6-13(17)15-14(16)18/h6,9-12,17H,2-5,7-8H2,1H3,(H,15,18). The highest BCUT2D eigenvalue weighted by atomic mass is 16.6. The fraction of sp³-hybridized carbons (Fsp3) is 0.786. The van der Waals surface area contributed by atoms with E-state index < -0.39 is 0 Å². The van der Waals surface area contributed by atoms with Crippen LogP contribution < -0.4 is 5.69 Å². The molecule has 20 heavy (non-hydrogen) atoms. The summed E-state index contributed by atoms with van der Waals surface area (Å²) in [6.45, 7) is 3.83. The summed E-state index contributed by atoms with van der Waals surface area (Å²) in [7, 11) is 0. The Kier molecular flexibility index (Phi) is 3.85. The first-order valence-corrected chi connectivity index (χ1v) is 7.39. The van der Waals surface area contributed by atoms with Gasteiger partial charge in [-0.2, -0.15) is 0 Å². The molecule has 2 N–H and O–H groups in total. The number of nitrogens with zero attached hydrogens (tertiary/aromatic N) is 1. The normalized spacial score (nSPS) is 27.2. The third-order valence-electron chi connectivity index (χ3n) is 4.24. The van der Waals surface area contributed by atoms with E-state index in [2.05, 4.69) is 11.9 Å². The molecule has 0 radical (unpaired) electrons. The predicted octanol–water partition coefficient (Wildman–Crippen LogP) is 1.42. The number of rotatable bonds is 8. The van der Waals surface area contributed by atoms with Gasteiger partial charge in [-0.25, -0.2) is 4.79 Å². The Morgan fingerprint density at radius 2 is 2.05 bits per heavy atom. The van der Waals surface area contributed by atoms with Crippen LogP contribution in [0, 0.1) is 5.92 Å². The monoisotopic (exact) mass is 282 g/mol. The van der Waals surface area contributed by atoms with Crippen molar-refractivity contribution >= 4 is 0 Å². The highest BCUT2D eigenvalue weighted by Crippen LogP contribution is 2.33. The Bertz CT molecular complexity index is 502. The molecule has 6 heteroatoms. The highest BCUT2D eigenvalue weighted by Gasteiger charge is 2.32. The van der Waals surface area contributed by atoms with Crippen molar-refractivity contribution in [2.75, 3.05) is 13.2 Å². The summed E-state index contributed by atoms with van der Waals surface area (Å²) in [5.74, 6) is 0.463. The van der Waals surface area contributed by atoms with Gasteiger partial charge in [0.1, 0.15) is 0 Å². The Balaban J connectivity index is 1.70. The summed E-state index contributed by atoms with van der Waals surface area (Å²) in [4.78, 5) is 14.3. The molecule has 1 aromatic heterocycles. The lowest BCUT2D eigenvalue weighted by Crippen LogP contribution is -2.25. The van der Waals surface area contributed by atoms with Crippen molar-refractivity contribution in [2.45, 2.75) is 50.9 Å². The van der Waals surface area contributed by atoms with E-state index in [-0.39, 0.29) is 23.7 Å². The van der Waals surface area contributed by atoms with Crippen LogP contribution in [0.2, 0.25) is 0 Å². The molecule has 2 aliphatic heterocycles. The van der Waals surface area contributed by atoms with E-state index in [0.717, 1.165) is 38.9 Å². The van der Waals surface area contributed by atoms with E-state index in [1.54, 1.807) is 4.57 Å². The predicted molar refractivity (Wildman–Crippen MR) is 72.9 cm³/mol. The van der Waals surface area contributed by atoms with E-state index in [4.69, 9.17) is 9.47 Å². The summed E-state index contributed by atoms with van der Waals surface area (Å²) in [5.41, 5.74) is -0.245. The second-order valence-electron chi connectivity index (χ2n) is 5.90. The number of aromatic nitrogens is 2. The first kappa shape index (κ1) is 13.7. The molecule has 4 atom stereocenters. The maximum atomic E-state index is 11.9. The zero-order valence-corrected chi connectivity index (χ0v) is 11.7. The van der Waals surface area contributed by atoms with Gasteiger partial charge >= 0.3 is 5.69 Å². The van der Waals surface area contributed by atoms with Crippen LogP contribution in [0.25, 0.3) is 0 Å². The molecule has 3 rings (SSSR count). The van der Waals surface area contributed by atoms with Gasteiger partial charge in [-0.15, -0.1) is 0 Å². The second-order valence-corrected chi connectivity index (χ2v) is 5.90. The number of ether oxygens (including phenoxy) is 2. The van der Waals surface area contributed by atoms with E-state index in [0.29, 0.717) is 12.0 Å².